The average molecular weight is 355 g/mol. The van der Waals surface area contributed by atoms with Crippen LogP contribution in [0.5, 0.6) is 0 Å². The van der Waals surface area contributed by atoms with Gasteiger partial charge in [0.2, 0.25) is 5.91 Å². The highest BCUT2D eigenvalue weighted by molar-refractivity contribution is 5.97. The van der Waals surface area contributed by atoms with E-state index in [9.17, 15) is 9.59 Å². The Hall–Kier alpha value is -2.60. The normalized spacial score (nSPS) is 16.8. The summed E-state index contributed by atoms with van der Waals surface area (Å²) in [5.41, 5.74) is 0.540. The summed E-state index contributed by atoms with van der Waals surface area (Å²) in [7, 11) is 0. The van der Waals surface area contributed by atoms with E-state index in [-0.39, 0.29) is 17.9 Å². The van der Waals surface area contributed by atoms with E-state index in [0.717, 1.165) is 31.7 Å². The minimum Gasteiger partial charge on any atom is -0.468 e. The zero-order valence-corrected chi connectivity index (χ0v) is 15.0. The summed E-state index contributed by atoms with van der Waals surface area (Å²) < 4.78 is 5.56. The van der Waals surface area contributed by atoms with E-state index in [1.807, 2.05) is 18.2 Å². The van der Waals surface area contributed by atoms with E-state index in [0.29, 0.717) is 12.1 Å². The summed E-state index contributed by atoms with van der Waals surface area (Å²) in [5, 5.41) is 5.69. The second kappa shape index (κ2) is 8.67. The fourth-order valence-corrected chi connectivity index (χ4v) is 3.23. The topological polar surface area (TPSA) is 74.6 Å². The number of carbonyl (C=O) groups excluding carboxylic acids is 2. The van der Waals surface area contributed by atoms with Crippen LogP contribution in [0.1, 0.15) is 41.9 Å². The molecular formula is C20H25N3O3. The fraction of sp³-hybridized carbons (Fsp3) is 0.400. The molecular weight excluding hydrogens is 330 g/mol. The molecule has 6 heteroatoms. The van der Waals surface area contributed by atoms with Crippen LogP contribution in [0, 0.1) is 0 Å². The summed E-state index contributed by atoms with van der Waals surface area (Å²) in [4.78, 5) is 26.9. The molecule has 1 aromatic carbocycles. The Morgan fingerprint density at radius 2 is 1.85 bits per heavy atom. The molecule has 0 aliphatic carbocycles. The van der Waals surface area contributed by atoms with Crippen molar-refractivity contribution in [2.24, 2.45) is 0 Å². The number of nitrogens with one attached hydrogen (secondary N) is 2. The number of furan rings is 1. The van der Waals surface area contributed by atoms with E-state index in [1.165, 1.54) is 0 Å². The molecule has 26 heavy (non-hydrogen) atoms. The molecule has 3 rings (SSSR count). The molecule has 1 aromatic heterocycles. The number of hydrogen-bond acceptors (Lipinski definition) is 4. The van der Waals surface area contributed by atoms with Crippen LogP contribution in [0.4, 0.5) is 0 Å². The SMILES string of the molecule is CC(NC(=O)c1ccccc1)C(=O)NCC(c1ccco1)N1CCCC1. The number of nitrogens with zero attached hydrogens (tertiary/aromatic N) is 1. The van der Waals surface area contributed by atoms with Crippen molar-refractivity contribution in [3.63, 3.8) is 0 Å². The molecule has 2 atom stereocenters. The van der Waals surface area contributed by atoms with Crippen LogP contribution >= 0.6 is 0 Å². The number of carbonyl (C=O) groups is 2. The van der Waals surface area contributed by atoms with Crippen LogP contribution in [0.25, 0.3) is 0 Å². The minimum absolute atomic E-state index is 0.0217. The summed E-state index contributed by atoms with van der Waals surface area (Å²) in [6.45, 7) is 4.15. The largest absolute Gasteiger partial charge is 0.468 e. The number of amides is 2. The fourth-order valence-electron chi connectivity index (χ4n) is 3.23. The van der Waals surface area contributed by atoms with E-state index in [2.05, 4.69) is 15.5 Å². The third-order valence-corrected chi connectivity index (χ3v) is 4.70. The van der Waals surface area contributed by atoms with E-state index < -0.39 is 6.04 Å². The summed E-state index contributed by atoms with van der Waals surface area (Å²) >= 11 is 0. The van der Waals surface area contributed by atoms with Gasteiger partial charge in [0.25, 0.3) is 5.91 Å². The van der Waals surface area contributed by atoms with Crippen molar-refractivity contribution >= 4 is 11.8 Å². The number of rotatable bonds is 7. The molecule has 1 fully saturated rings. The van der Waals surface area contributed by atoms with Crippen molar-refractivity contribution in [1.29, 1.82) is 0 Å². The Morgan fingerprint density at radius 3 is 2.50 bits per heavy atom. The van der Waals surface area contributed by atoms with Gasteiger partial charge in [-0.25, -0.2) is 0 Å². The third-order valence-electron chi connectivity index (χ3n) is 4.70. The maximum Gasteiger partial charge on any atom is 0.251 e. The van der Waals surface area contributed by atoms with Crippen LogP contribution < -0.4 is 10.6 Å². The molecule has 2 aromatic rings. The molecule has 1 aliphatic heterocycles. The molecule has 2 amide bonds. The predicted molar refractivity (Wildman–Crippen MR) is 98.6 cm³/mol. The van der Waals surface area contributed by atoms with Gasteiger partial charge in [0.05, 0.1) is 12.3 Å². The van der Waals surface area contributed by atoms with E-state index in [4.69, 9.17) is 4.42 Å². The van der Waals surface area contributed by atoms with Gasteiger partial charge < -0.3 is 15.1 Å². The molecule has 1 aliphatic rings. The molecule has 0 saturated carbocycles. The lowest BCUT2D eigenvalue weighted by atomic mass is 10.1. The Morgan fingerprint density at radius 1 is 1.12 bits per heavy atom. The van der Waals surface area contributed by atoms with Crippen molar-refractivity contribution in [3.05, 3.63) is 60.1 Å². The molecule has 1 saturated heterocycles. The summed E-state index contributed by atoms with van der Waals surface area (Å²) in [6, 6.07) is 12.1. The average Bonchev–Trinajstić information content (AvgIpc) is 3.37. The Balaban J connectivity index is 1.55. The lowest BCUT2D eigenvalue weighted by Crippen LogP contribution is -2.47. The smallest absolute Gasteiger partial charge is 0.251 e. The van der Waals surface area contributed by atoms with E-state index in [1.54, 1.807) is 37.5 Å². The summed E-state index contributed by atoms with van der Waals surface area (Å²) in [5.74, 6) is 0.397. The molecule has 0 radical (unpaired) electrons. The van der Waals surface area contributed by atoms with Crippen LogP contribution in [0.2, 0.25) is 0 Å². The van der Waals surface area contributed by atoms with Gasteiger partial charge >= 0.3 is 0 Å². The van der Waals surface area contributed by atoms with Crippen LogP contribution in [0.3, 0.4) is 0 Å². The zero-order valence-electron chi connectivity index (χ0n) is 15.0. The number of hydrogen-bond donors (Lipinski definition) is 2. The molecule has 0 bridgehead atoms. The molecule has 6 nitrogen and oxygen atoms in total. The second-order valence-corrected chi connectivity index (χ2v) is 6.58. The first kappa shape index (κ1) is 18.2. The quantitative estimate of drug-likeness (QED) is 0.799. The van der Waals surface area contributed by atoms with Crippen molar-refractivity contribution in [2.75, 3.05) is 19.6 Å². The third kappa shape index (κ3) is 4.52. The Kier molecular flexibility index (Phi) is 6.07. The molecule has 2 N–H and O–H groups in total. The van der Waals surface area contributed by atoms with Gasteiger partial charge in [0.1, 0.15) is 11.8 Å². The highest BCUT2D eigenvalue weighted by Crippen LogP contribution is 2.24. The standard InChI is InChI=1S/C20H25N3O3/c1-15(22-20(25)16-8-3-2-4-9-16)19(24)21-14-17(18-10-7-13-26-18)23-11-5-6-12-23/h2-4,7-10,13,15,17H,5-6,11-12,14H2,1H3,(H,21,24)(H,22,25). The van der Waals surface area contributed by atoms with Crippen molar-refractivity contribution < 1.29 is 14.0 Å². The maximum atomic E-state index is 12.4. The monoisotopic (exact) mass is 355 g/mol. The van der Waals surface area contributed by atoms with Gasteiger partial charge in [-0.1, -0.05) is 18.2 Å². The molecule has 2 unspecified atom stereocenters. The van der Waals surface area contributed by atoms with Crippen LogP contribution in [-0.4, -0.2) is 42.4 Å². The van der Waals surface area contributed by atoms with Gasteiger partial charge in [-0.15, -0.1) is 0 Å². The maximum absolute atomic E-state index is 12.4. The van der Waals surface area contributed by atoms with Crippen molar-refractivity contribution in [1.82, 2.24) is 15.5 Å². The molecule has 2 heterocycles. The Labute approximate surface area is 153 Å². The van der Waals surface area contributed by atoms with Crippen LogP contribution in [0.15, 0.2) is 53.1 Å². The number of benzene rings is 1. The van der Waals surface area contributed by atoms with Gasteiger partial charge in [-0.2, -0.15) is 0 Å². The van der Waals surface area contributed by atoms with Gasteiger partial charge in [0, 0.05) is 12.1 Å². The molecule has 0 spiro atoms. The Bertz CT molecular complexity index is 709. The predicted octanol–water partition coefficient (Wildman–Crippen LogP) is 2.35. The lowest BCUT2D eigenvalue weighted by Gasteiger charge is -2.26. The van der Waals surface area contributed by atoms with Crippen LogP contribution in [-0.2, 0) is 4.79 Å². The zero-order chi connectivity index (χ0) is 18.4. The second-order valence-electron chi connectivity index (χ2n) is 6.58. The minimum atomic E-state index is -0.612. The van der Waals surface area contributed by atoms with Crippen molar-refractivity contribution in [2.45, 2.75) is 31.8 Å². The lowest BCUT2D eigenvalue weighted by molar-refractivity contribution is -0.122. The highest BCUT2D eigenvalue weighted by Gasteiger charge is 2.26. The van der Waals surface area contributed by atoms with E-state index >= 15 is 0 Å². The van der Waals surface area contributed by atoms with Crippen molar-refractivity contribution in [3.8, 4) is 0 Å². The van der Waals surface area contributed by atoms with Gasteiger partial charge in [-0.05, 0) is 57.1 Å². The van der Waals surface area contributed by atoms with Gasteiger partial charge in [0.15, 0.2) is 0 Å². The highest BCUT2D eigenvalue weighted by atomic mass is 16.3. The molecule has 138 valence electrons. The first-order chi connectivity index (χ1) is 12.6. The first-order valence-corrected chi connectivity index (χ1v) is 9.06. The number of likely N-dealkylation sites (tertiary alicyclic amines) is 1. The summed E-state index contributed by atoms with van der Waals surface area (Å²) in [6.07, 6.45) is 3.98. The van der Waals surface area contributed by atoms with Gasteiger partial charge in [-0.3, -0.25) is 14.5 Å². The first-order valence-electron chi connectivity index (χ1n) is 9.06.